The fourth-order valence-electron chi connectivity index (χ4n) is 8.56. The predicted molar refractivity (Wildman–Crippen MR) is 215 cm³/mol. The van der Waals surface area contributed by atoms with E-state index in [1.807, 2.05) is 66.7 Å². The summed E-state index contributed by atoms with van der Waals surface area (Å²) in [5.41, 5.74) is 13.2. The highest BCUT2D eigenvalue weighted by molar-refractivity contribution is 6.14. The molecule has 11 rings (SSSR count). The number of hydrogen-bond donors (Lipinski definition) is 0. The van der Waals surface area contributed by atoms with Crippen LogP contribution in [0.5, 0.6) is 0 Å². The summed E-state index contributed by atoms with van der Waals surface area (Å²) in [7, 11) is 0. The van der Waals surface area contributed by atoms with Gasteiger partial charge in [-0.2, -0.15) is 0 Å². The van der Waals surface area contributed by atoms with Crippen molar-refractivity contribution < 1.29 is 4.42 Å². The van der Waals surface area contributed by atoms with Crippen LogP contribution < -0.4 is 0 Å². The molecule has 5 nitrogen and oxygen atoms in total. The van der Waals surface area contributed by atoms with Crippen molar-refractivity contribution in [2.24, 2.45) is 0 Å². The second-order valence-corrected chi connectivity index (χ2v) is 14.4. The highest BCUT2D eigenvalue weighted by Crippen LogP contribution is 2.54. The smallest absolute Gasteiger partial charge is 0.164 e. The van der Waals surface area contributed by atoms with E-state index in [4.69, 9.17) is 19.4 Å². The van der Waals surface area contributed by atoms with Crippen LogP contribution in [0, 0.1) is 0 Å². The van der Waals surface area contributed by atoms with E-state index in [0.717, 1.165) is 33.5 Å². The minimum atomic E-state index is -0.234. The van der Waals surface area contributed by atoms with E-state index in [9.17, 15) is 0 Å². The lowest BCUT2D eigenvalue weighted by Crippen LogP contribution is -2.15. The number of nitrogens with zero attached hydrogens (tertiary/aromatic N) is 4. The third-order valence-electron chi connectivity index (χ3n) is 11.0. The largest absolute Gasteiger partial charge is 0.456 e. The zero-order valence-electron chi connectivity index (χ0n) is 29.2. The highest BCUT2D eigenvalue weighted by Gasteiger charge is 2.39. The molecule has 0 atom stereocenters. The summed E-state index contributed by atoms with van der Waals surface area (Å²) in [5, 5.41) is 4.86. The molecule has 1 aliphatic carbocycles. The van der Waals surface area contributed by atoms with Gasteiger partial charge in [-0.3, -0.25) is 0 Å². The lowest BCUT2D eigenvalue weighted by atomic mass is 9.80. The minimum absolute atomic E-state index is 0.234. The van der Waals surface area contributed by atoms with Crippen molar-refractivity contribution in [1.29, 1.82) is 0 Å². The Morgan fingerprint density at radius 1 is 0.472 bits per heavy atom. The molecule has 0 unspecified atom stereocenters. The van der Waals surface area contributed by atoms with E-state index in [1.165, 1.54) is 54.8 Å². The van der Waals surface area contributed by atoms with Crippen molar-refractivity contribution in [1.82, 2.24) is 19.5 Å². The van der Waals surface area contributed by atoms with Gasteiger partial charge in [-0.15, -0.1) is 0 Å². The Hall–Kier alpha value is -6.85. The number of hydrogen-bond acceptors (Lipinski definition) is 4. The summed E-state index contributed by atoms with van der Waals surface area (Å²) in [6.07, 6.45) is 0. The summed E-state index contributed by atoms with van der Waals surface area (Å²) in [6, 6.07) is 55.2. The van der Waals surface area contributed by atoms with Gasteiger partial charge in [0.25, 0.3) is 0 Å². The fraction of sp³-hybridized carbons (Fsp3) is 0.0625. The van der Waals surface area contributed by atoms with Gasteiger partial charge in [0.2, 0.25) is 0 Å². The summed E-state index contributed by atoms with van der Waals surface area (Å²) >= 11 is 0. The van der Waals surface area contributed by atoms with E-state index in [1.54, 1.807) is 0 Å². The van der Waals surface area contributed by atoms with Gasteiger partial charge in [0.15, 0.2) is 17.5 Å². The summed E-state index contributed by atoms with van der Waals surface area (Å²) in [4.78, 5) is 14.8. The van der Waals surface area contributed by atoms with Crippen LogP contribution in [0.1, 0.15) is 25.0 Å². The molecule has 0 bridgehead atoms. The number of aromatic nitrogens is 4. The van der Waals surface area contributed by atoms with Gasteiger partial charge >= 0.3 is 0 Å². The molecule has 0 saturated carbocycles. The lowest BCUT2D eigenvalue weighted by Gasteiger charge is -2.22. The van der Waals surface area contributed by atoms with E-state index in [-0.39, 0.29) is 5.41 Å². The van der Waals surface area contributed by atoms with Crippen LogP contribution in [0.25, 0.3) is 94.7 Å². The van der Waals surface area contributed by atoms with Gasteiger partial charge in [-0.25, -0.2) is 15.0 Å². The molecule has 0 N–H and O–H groups in total. The first kappa shape index (κ1) is 29.8. The first-order chi connectivity index (χ1) is 26.0. The molecular formula is C48H32N4O. The van der Waals surface area contributed by atoms with Crippen LogP contribution in [0.2, 0.25) is 0 Å². The van der Waals surface area contributed by atoms with Crippen molar-refractivity contribution >= 4 is 43.7 Å². The molecule has 0 fully saturated rings. The van der Waals surface area contributed by atoms with Gasteiger partial charge in [0.05, 0.1) is 11.0 Å². The average molecular weight is 681 g/mol. The van der Waals surface area contributed by atoms with E-state index >= 15 is 0 Å². The molecule has 5 heteroatoms. The summed E-state index contributed by atoms with van der Waals surface area (Å²) in [5.74, 6) is 1.94. The number of para-hydroxylation sites is 2. The Labute approximate surface area is 305 Å². The minimum Gasteiger partial charge on any atom is -0.456 e. The second-order valence-electron chi connectivity index (χ2n) is 14.4. The zero-order valence-corrected chi connectivity index (χ0v) is 29.2. The van der Waals surface area contributed by atoms with Crippen LogP contribution in [-0.2, 0) is 5.41 Å². The van der Waals surface area contributed by atoms with E-state index in [2.05, 4.69) is 109 Å². The Balaban J connectivity index is 1.08. The molecule has 0 amide bonds. The molecule has 250 valence electrons. The molecule has 10 aromatic rings. The maximum atomic E-state index is 6.35. The van der Waals surface area contributed by atoms with Crippen LogP contribution in [0.15, 0.2) is 162 Å². The van der Waals surface area contributed by atoms with Gasteiger partial charge in [-0.1, -0.05) is 117 Å². The number of benzene rings is 7. The first-order valence-corrected chi connectivity index (χ1v) is 18.0. The molecular weight excluding hydrogens is 649 g/mol. The van der Waals surface area contributed by atoms with Crippen LogP contribution in [0.4, 0.5) is 0 Å². The summed E-state index contributed by atoms with van der Waals surface area (Å²) in [6.45, 7) is 4.71. The van der Waals surface area contributed by atoms with Crippen molar-refractivity contribution in [2.75, 3.05) is 0 Å². The topological polar surface area (TPSA) is 56.7 Å². The quantitative estimate of drug-likeness (QED) is 0.186. The van der Waals surface area contributed by atoms with Gasteiger partial charge in [0.1, 0.15) is 11.2 Å². The van der Waals surface area contributed by atoms with Crippen LogP contribution >= 0.6 is 0 Å². The molecule has 0 aliphatic heterocycles. The van der Waals surface area contributed by atoms with Crippen molar-refractivity contribution in [3.63, 3.8) is 0 Å². The molecule has 3 heterocycles. The summed E-state index contributed by atoms with van der Waals surface area (Å²) < 4.78 is 8.75. The molecule has 1 aliphatic rings. The Morgan fingerprint density at radius 3 is 1.74 bits per heavy atom. The number of rotatable bonds is 4. The predicted octanol–water partition coefficient (Wildman–Crippen LogP) is 12.2. The molecule has 0 spiro atoms. The van der Waals surface area contributed by atoms with Crippen LogP contribution in [0.3, 0.4) is 0 Å². The molecule has 0 radical (unpaired) electrons. The Bertz CT molecular complexity index is 3010. The zero-order chi connectivity index (χ0) is 35.3. The normalized spacial score (nSPS) is 13.2. The van der Waals surface area contributed by atoms with Crippen molar-refractivity contribution in [3.8, 4) is 51.0 Å². The van der Waals surface area contributed by atoms with Gasteiger partial charge in [0, 0.05) is 49.3 Å². The standard InChI is InChI=1S/C48H32N4O/c1-48(2)38-28-40-37(27-36(38)34-25-26-42-43(44(34)48)35-18-10-12-20-41(35)53-42)33-17-9-11-19-39(33)52(40)32-23-21-31(22-24-32)47-50-45(29-13-5-3-6-14-29)49-46(51-47)30-15-7-4-8-16-30/h3-28H,1-2H3. The fourth-order valence-corrected chi connectivity index (χ4v) is 8.56. The number of fused-ring (bicyclic) bond motifs is 10. The molecule has 53 heavy (non-hydrogen) atoms. The van der Waals surface area contributed by atoms with E-state index < -0.39 is 0 Å². The van der Waals surface area contributed by atoms with E-state index in [0.29, 0.717) is 17.5 Å². The third-order valence-corrected chi connectivity index (χ3v) is 11.0. The van der Waals surface area contributed by atoms with Crippen molar-refractivity contribution in [3.05, 3.63) is 169 Å². The first-order valence-electron chi connectivity index (χ1n) is 18.0. The SMILES string of the molecule is CC1(C)c2cc3c(cc2-c2ccc4oc5ccccc5c4c21)c1ccccc1n3-c1ccc(-c2nc(-c3ccccc3)nc(-c3ccccc3)n2)cc1. The maximum absolute atomic E-state index is 6.35. The Morgan fingerprint density at radius 2 is 1.06 bits per heavy atom. The monoisotopic (exact) mass is 680 g/mol. The Kier molecular flexibility index (Phi) is 6.23. The lowest BCUT2D eigenvalue weighted by molar-refractivity contribution is 0.657. The average Bonchev–Trinajstić information content (AvgIpc) is 3.83. The van der Waals surface area contributed by atoms with Crippen molar-refractivity contribution in [2.45, 2.75) is 19.3 Å². The molecule has 3 aromatic heterocycles. The molecule has 0 saturated heterocycles. The van der Waals surface area contributed by atoms with Crippen LogP contribution in [-0.4, -0.2) is 19.5 Å². The number of furan rings is 1. The highest BCUT2D eigenvalue weighted by atomic mass is 16.3. The molecule has 7 aromatic carbocycles. The third kappa shape index (κ3) is 4.40. The van der Waals surface area contributed by atoms with Gasteiger partial charge < -0.3 is 8.98 Å². The maximum Gasteiger partial charge on any atom is 0.164 e. The van der Waals surface area contributed by atoms with Gasteiger partial charge in [-0.05, 0) is 76.9 Å². The second kappa shape index (κ2) is 11.1.